The minimum Gasteiger partial charge on any atom is -0.497 e. The Morgan fingerprint density at radius 1 is 0.959 bits per heavy atom. The van der Waals surface area contributed by atoms with Gasteiger partial charge in [0, 0.05) is 26.7 Å². The molecule has 2 fully saturated rings. The monoisotopic (exact) mass is 726 g/mol. The van der Waals surface area contributed by atoms with Crippen molar-refractivity contribution in [1.29, 1.82) is 0 Å². The molecule has 284 valence electrons. The molecule has 9 atom stereocenters. The van der Waals surface area contributed by atoms with Crippen molar-refractivity contribution in [2.75, 3.05) is 27.1 Å². The van der Waals surface area contributed by atoms with E-state index < -0.39 is 34.6 Å². The summed E-state index contributed by atoms with van der Waals surface area (Å²) in [6.07, 6.45) is -0.489. The number of ether oxygens (including phenoxy) is 7. The van der Waals surface area contributed by atoms with Crippen LogP contribution in [0.5, 0.6) is 5.75 Å². The van der Waals surface area contributed by atoms with Crippen LogP contribution in [0.25, 0.3) is 0 Å². The molecule has 0 spiro atoms. The molecule has 0 radical (unpaired) electrons. The van der Waals surface area contributed by atoms with Crippen molar-refractivity contribution in [2.24, 2.45) is 11.8 Å². The van der Waals surface area contributed by atoms with Gasteiger partial charge in [0.05, 0.1) is 50.3 Å². The van der Waals surface area contributed by atoms with Crippen LogP contribution in [0.1, 0.15) is 86.5 Å². The highest BCUT2D eigenvalue weighted by atomic mass is 28.4. The highest BCUT2D eigenvalue weighted by molar-refractivity contribution is 6.76. The SMILES string of the molecule is CC[Si](CC)(CC)O[C@H]1[C@H]([C@H](C)C[C@@H]2COC(C)(C)O2)O[C@H](c2ccc(OC)cc2)O[C@@H]1C[C@H](O)C[C@@H](C)[C@H](C)OCOCC[Si](C)(C)C. The van der Waals surface area contributed by atoms with E-state index in [9.17, 15) is 5.11 Å². The van der Waals surface area contributed by atoms with Gasteiger partial charge in [0.1, 0.15) is 12.5 Å². The topological polar surface area (TPSA) is 94.1 Å². The predicted octanol–water partition coefficient (Wildman–Crippen LogP) is 8.54. The molecular formula is C38H70O9Si2. The number of hydrogen-bond donors (Lipinski definition) is 1. The lowest BCUT2D eigenvalue weighted by atomic mass is 9.87. The molecule has 3 rings (SSSR count). The molecule has 0 saturated carbocycles. The van der Waals surface area contributed by atoms with Gasteiger partial charge >= 0.3 is 0 Å². The number of methoxy groups -OCH3 is 1. The molecule has 2 aliphatic heterocycles. The lowest BCUT2D eigenvalue weighted by Gasteiger charge is -2.48. The van der Waals surface area contributed by atoms with Gasteiger partial charge in [0.25, 0.3) is 0 Å². The second-order valence-electron chi connectivity index (χ2n) is 16.2. The van der Waals surface area contributed by atoms with Crippen LogP contribution >= 0.6 is 0 Å². The van der Waals surface area contributed by atoms with E-state index in [0.29, 0.717) is 19.4 Å². The summed E-state index contributed by atoms with van der Waals surface area (Å²) in [4.78, 5) is 0. The molecule has 11 heteroatoms. The summed E-state index contributed by atoms with van der Waals surface area (Å²) in [6, 6.07) is 12.0. The lowest BCUT2D eigenvalue weighted by Crippen LogP contribution is -2.57. The summed E-state index contributed by atoms with van der Waals surface area (Å²) in [6.45, 7) is 25.7. The highest BCUT2D eigenvalue weighted by Crippen LogP contribution is 2.41. The zero-order chi connectivity index (χ0) is 36.4. The van der Waals surface area contributed by atoms with Gasteiger partial charge in [-0.1, -0.05) is 66.4 Å². The molecule has 0 amide bonds. The van der Waals surface area contributed by atoms with E-state index in [1.165, 1.54) is 0 Å². The number of aliphatic hydroxyl groups is 1. The Kier molecular flexibility index (Phi) is 16.7. The van der Waals surface area contributed by atoms with Crippen LogP contribution in [0.4, 0.5) is 0 Å². The second kappa shape index (κ2) is 19.3. The van der Waals surface area contributed by atoms with Gasteiger partial charge in [0.2, 0.25) is 0 Å². The van der Waals surface area contributed by atoms with Gasteiger partial charge in [0.15, 0.2) is 20.4 Å². The Hall–Kier alpha value is -0.866. The molecule has 1 aromatic rings. The summed E-state index contributed by atoms with van der Waals surface area (Å²) in [5.41, 5.74) is 0.909. The maximum absolute atomic E-state index is 11.6. The molecule has 0 bridgehead atoms. The van der Waals surface area contributed by atoms with Crippen molar-refractivity contribution in [3.05, 3.63) is 29.8 Å². The van der Waals surface area contributed by atoms with Gasteiger partial charge < -0.3 is 42.7 Å². The second-order valence-corrected chi connectivity index (χ2v) is 26.5. The molecule has 49 heavy (non-hydrogen) atoms. The van der Waals surface area contributed by atoms with E-state index >= 15 is 0 Å². The minimum absolute atomic E-state index is 0.0343. The number of aliphatic hydroxyl groups excluding tert-OH is 1. The van der Waals surface area contributed by atoms with Crippen molar-refractivity contribution >= 4 is 16.4 Å². The molecule has 1 N–H and O–H groups in total. The van der Waals surface area contributed by atoms with Crippen molar-refractivity contribution in [1.82, 2.24) is 0 Å². The zero-order valence-corrected chi connectivity index (χ0v) is 34.8. The molecule has 2 aliphatic rings. The van der Waals surface area contributed by atoms with E-state index in [1.807, 2.05) is 38.1 Å². The van der Waals surface area contributed by atoms with Gasteiger partial charge in [-0.2, -0.15) is 0 Å². The van der Waals surface area contributed by atoms with E-state index in [4.69, 9.17) is 37.6 Å². The largest absolute Gasteiger partial charge is 0.497 e. The third-order valence-electron chi connectivity index (χ3n) is 10.6. The summed E-state index contributed by atoms with van der Waals surface area (Å²) in [5, 5.41) is 11.6. The lowest BCUT2D eigenvalue weighted by molar-refractivity contribution is -0.299. The first-order valence-electron chi connectivity index (χ1n) is 18.9. The smallest absolute Gasteiger partial charge is 0.192 e. The third kappa shape index (κ3) is 13.2. The van der Waals surface area contributed by atoms with Crippen LogP contribution in [-0.4, -0.2) is 91.0 Å². The molecular weight excluding hydrogens is 657 g/mol. The quantitative estimate of drug-likeness (QED) is 0.0760. The first-order valence-corrected chi connectivity index (χ1v) is 25.1. The van der Waals surface area contributed by atoms with Gasteiger partial charge in [-0.25, -0.2) is 0 Å². The maximum Gasteiger partial charge on any atom is 0.192 e. The first kappa shape index (κ1) is 42.5. The van der Waals surface area contributed by atoms with Crippen LogP contribution in [0.2, 0.25) is 43.8 Å². The average Bonchev–Trinajstić information content (AvgIpc) is 3.40. The van der Waals surface area contributed by atoms with E-state index in [1.54, 1.807) is 7.11 Å². The Balaban J connectivity index is 1.83. The molecule has 0 aliphatic carbocycles. The van der Waals surface area contributed by atoms with Crippen molar-refractivity contribution in [3.8, 4) is 5.75 Å². The van der Waals surface area contributed by atoms with Crippen LogP contribution in [0, 0.1) is 11.8 Å². The van der Waals surface area contributed by atoms with Crippen molar-refractivity contribution < 1.29 is 42.7 Å². The van der Waals surface area contributed by atoms with Crippen molar-refractivity contribution in [2.45, 2.75) is 167 Å². The van der Waals surface area contributed by atoms with Crippen LogP contribution < -0.4 is 4.74 Å². The summed E-state index contributed by atoms with van der Waals surface area (Å²) < 4.78 is 50.4. The zero-order valence-electron chi connectivity index (χ0n) is 32.8. The van der Waals surface area contributed by atoms with Crippen LogP contribution in [0.3, 0.4) is 0 Å². The van der Waals surface area contributed by atoms with Gasteiger partial charge in [-0.15, -0.1) is 0 Å². The molecule has 9 nitrogen and oxygen atoms in total. The van der Waals surface area contributed by atoms with E-state index in [2.05, 4.69) is 61.2 Å². The van der Waals surface area contributed by atoms with Crippen LogP contribution in [0.15, 0.2) is 24.3 Å². The standard InChI is InChI=1S/C38H70O9Si2/c1-13-49(14-2,15-3)47-36-34(24-31(39)22-27(4)29(6)42-26-41-20-21-48(10,11)12)44-37(30-16-18-32(40-9)19-17-30)45-35(36)28(5)23-33-25-43-38(7,8)46-33/h16-19,27-29,31,33-37,39H,13-15,20-26H2,1-12H3/t27-,28-,29+,31-,33-,34-,35+,36-,37-/m1/s1. The fourth-order valence-corrected chi connectivity index (χ4v) is 10.5. The Bertz CT molecular complexity index is 1070. The summed E-state index contributed by atoms with van der Waals surface area (Å²) in [7, 11) is -1.58. The van der Waals surface area contributed by atoms with E-state index in [-0.39, 0.29) is 49.1 Å². The number of rotatable bonds is 21. The van der Waals surface area contributed by atoms with E-state index in [0.717, 1.165) is 48.5 Å². The molecule has 1 aromatic carbocycles. The average molecular weight is 727 g/mol. The molecule has 2 saturated heterocycles. The Labute approximate surface area is 300 Å². The number of benzene rings is 1. The van der Waals surface area contributed by atoms with Gasteiger partial charge in [-0.05, 0) is 81.8 Å². The summed E-state index contributed by atoms with van der Waals surface area (Å²) in [5.74, 6) is 0.388. The first-order chi connectivity index (χ1) is 23.0. The molecule has 0 aromatic heterocycles. The van der Waals surface area contributed by atoms with Crippen molar-refractivity contribution in [3.63, 3.8) is 0 Å². The van der Waals surface area contributed by atoms with Crippen LogP contribution in [-0.2, 0) is 32.8 Å². The third-order valence-corrected chi connectivity index (χ3v) is 16.9. The maximum atomic E-state index is 11.6. The molecule has 0 unspecified atom stereocenters. The normalized spacial score (nSPS) is 27.1. The Morgan fingerprint density at radius 2 is 1.61 bits per heavy atom. The predicted molar refractivity (Wildman–Crippen MR) is 200 cm³/mol. The fraction of sp³-hybridized carbons (Fsp3) is 0.842. The Morgan fingerprint density at radius 3 is 2.16 bits per heavy atom. The molecule has 2 heterocycles. The summed E-state index contributed by atoms with van der Waals surface area (Å²) >= 11 is 0. The fourth-order valence-electron chi connectivity index (χ4n) is 6.87. The number of hydrogen-bond acceptors (Lipinski definition) is 9. The highest BCUT2D eigenvalue weighted by Gasteiger charge is 2.48. The minimum atomic E-state index is -2.10. The van der Waals surface area contributed by atoms with Gasteiger partial charge in [-0.3, -0.25) is 0 Å².